The molecule has 228 valence electrons. The average molecular weight is 709 g/mol. The van der Waals surface area contributed by atoms with Crippen LogP contribution in [-0.2, 0) is 18.0 Å². The second-order valence-corrected chi connectivity index (χ2v) is 18.2. The maximum absolute atomic E-state index is 10.9. The van der Waals surface area contributed by atoms with Gasteiger partial charge in [-0.05, 0) is 57.2 Å². The van der Waals surface area contributed by atoms with Crippen molar-refractivity contribution in [2.45, 2.75) is 67.4 Å². The molecule has 0 bridgehead atoms. The van der Waals surface area contributed by atoms with Crippen LogP contribution < -0.4 is 14.9 Å². The van der Waals surface area contributed by atoms with Crippen LogP contribution in [0.15, 0.2) is 30.3 Å². The van der Waals surface area contributed by atoms with Gasteiger partial charge in [-0.15, -0.1) is 6.42 Å². The molecule has 0 amide bonds. The van der Waals surface area contributed by atoms with E-state index in [0.717, 1.165) is 5.56 Å². The monoisotopic (exact) mass is 708 g/mol. The van der Waals surface area contributed by atoms with Crippen LogP contribution in [0.1, 0.15) is 62.8 Å². The Kier molecular flexibility index (Phi) is 17.4. The molecule has 1 N–H and O–H groups in total. The molecule has 5 nitrogen and oxygen atoms in total. The molecule has 0 radical (unpaired) electrons. The van der Waals surface area contributed by atoms with E-state index in [4.69, 9.17) is 35.1 Å². The summed E-state index contributed by atoms with van der Waals surface area (Å²) in [4.78, 5) is 13.3. The molecule has 1 aliphatic rings. The molecule has 1 atom stereocenters. The molecule has 9 heteroatoms. The van der Waals surface area contributed by atoms with E-state index in [1.165, 1.54) is 41.8 Å². The molecule has 1 unspecified atom stereocenters. The van der Waals surface area contributed by atoms with Crippen LogP contribution >= 0.6 is 27.2 Å². The van der Waals surface area contributed by atoms with Gasteiger partial charge in [0.05, 0.1) is 0 Å². The van der Waals surface area contributed by atoms with Crippen molar-refractivity contribution in [2.24, 2.45) is 0 Å². The van der Waals surface area contributed by atoms with Crippen molar-refractivity contribution >= 4 is 42.9 Å². The molecular formula is C32H45Cl2N2O3PRu. The van der Waals surface area contributed by atoms with E-state index in [9.17, 15) is 4.89 Å². The maximum atomic E-state index is 10.9. The molecule has 0 aromatic heterocycles. The Bertz CT molecular complexity index is 1230. The van der Waals surface area contributed by atoms with Crippen LogP contribution in [-0.4, -0.2) is 47.5 Å². The van der Waals surface area contributed by atoms with Gasteiger partial charge in [-0.2, -0.15) is 6.42 Å². The summed E-state index contributed by atoms with van der Waals surface area (Å²) < 4.78 is 15.0. The van der Waals surface area contributed by atoms with Crippen molar-refractivity contribution in [3.05, 3.63) is 59.1 Å². The SMILES string of the molecule is C#CC#CC.CCO[P+](O)(c1ccc(OC(C)C)c([CH]=[Ru]([Cl])[Cl])c1)N(C)C.Cc1cc(C)c(N2[CH-]CCC2)c(C)c1. The van der Waals surface area contributed by atoms with Crippen LogP contribution in [0.4, 0.5) is 5.69 Å². The largest absolute Gasteiger partial charge is 0.522 e. The number of anilines is 1. The van der Waals surface area contributed by atoms with E-state index in [-0.39, 0.29) is 6.10 Å². The minimum absolute atomic E-state index is 0.0405. The number of hydrogen-bond donors (Lipinski definition) is 1. The molecule has 2 aromatic carbocycles. The third kappa shape index (κ3) is 12.4. The smallest absolute Gasteiger partial charge is 0.0130 e. The first-order valence-corrected chi connectivity index (χ1v) is 20.5. The Morgan fingerprint density at radius 1 is 1.20 bits per heavy atom. The van der Waals surface area contributed by atoms with Gasteiger partial charge in [-0.3, -0.25) is 0 Å². The quantitative estimate of drug-likeness (QED) is 0.133. The fraction of sp³-hybridized carbons (Fsp3) is 0.438. The molecule has 0 spiro atoms. The van der Waals surface area contributed by atoms with Crippen molar-refractivity contribution in [1.29, 1.82) is 0 Å². The molecule has 1 fully saturated rings. The zero-order valence-corrected chi connectivity index (χ0v) is 29.9. The minimum atomic E-state index is -2.83. The van der Waals surface area contributed by atoms with Crippen LogP contribution in [0.25, 0.3) is 0 Å². The van der Waals surface area contributed by atoms with E-state index in [1.54, 1.807) is 25.7 Å². The summed E-state index contributed by atoms with van der Waals surface area (Å²) in [6.07, 6.45) is 7.28. The number of aryl methyl sites for hydroxylation is 3. The normalized spacial score (nSPS) is 14.0. The third-order valence-electron chi connectivity index (χ3n) is 5.80. The van der Waals surface area contributed by atoms with Crippen LogP contribution in [0.5, 0.6) is 5.75 Å². The molecule has 3 rings (SSSR count). The topological polar surface area (TPSA) is 45.2 Å². The predicted octanol–water partition coefficient (Wildman–Crippen LogP) is 7.54. The standard InChI is InChI=1S/C14H23NO3P.C13H18N.C5H4.2ClH.Ru/c1-7-17-19(16,15(5)6)13-8-9-14(12(4)10-13)18-11(2)3;1-10-8-11(2)13(12(3)9-10)14-6-4-5-7-14;1-3-5-4-2;;;/h4,8-11,16H,7H2,1-3,5-6H3;6,8-9H,4-5,7H2,1-3H3;1H,2H3;2*1H;/q+1;-1;;;;+2/p-2. The first-order valence-electron chi connectivity index (χ1n) is 13.4. The second kappa shape index (κ2) is 18.9. The first-order chi connectivity index (χ1) is 19.3. The average Bonchev–Trinajstić information content (AvgIpc) is 3.39. The Morgan fingerprint density at radius 2 is 1.83 bits per heavy atom. The number of terminal acetylenes is 1. The summed E-state index contributed by atoms with van der Waals surface area (Å²) in [5.74, 6) is 7.79. The molecule has 1 saturated heterocycles. The van der Waals surface area contributed by atoms with E-state index >= 15 is 0 Å². The molecule has 1 heterocycles. The van der Waals surface area contributed by atoms with Gasteiger partial charge in [0.1, 0.15) is 0 Å². The summed E-state index contributed by atoms with van der Waals surface area (Å²) in [5.41, 5.74) is 6.40. The van der Waals surface area contributed by atoms with Gasteiger partial charge in [0, 0.05) is 5.69 Å². The van der Waals surface area contributed by atoms with E-state index in [0.29, 0.717) is 17.7 Å². The van der Waals surface area contributed by atoms with Gasteiger partial charge in [-0.25, -0.2) is 6.54 Å². The fourth-order valence-corrected chi connectivity index (χ4v) is 7.91. The number of ether oxygens (including phenoxy) is 1. The summed E-state index contributed by atoms with van der Waals surface area (Å²) >= 11 is -2.01. The van der Waals surface area contributed by atoms with Gasteiger partial charge < -0.3 is 4.90 Å². The minimum Gasteiger partial charge on any atom is -0.522 e. The second-order valence-electron chi connectivity index (χ2n) is 9.79. The van der Waals surface area contributed by atoms with Gasteiger partial charge in [0.2, 0.25) is 0 Å². The number of halogens is 2. The Balaban J connectivity index is 0.000000374. The van der Waals surface area contributed by atoms with Crippen LogP contribution in [0, 0.1) is 51.5 Å². The van der Waals surface area contributed by atoms with E-state index in [1.807, 2.05) is 43.6 Å². The van der Waals surface area contributed by atoms with E-state index < -0.39 is 21.4 Å². The number of nitrogens with zero attached hydrogens (tertiary/aromatic N) is 2. The van der Waals surface area contributed by atoms with Crippen molar-refractivity contribution in [1.82, 2.24) is 4.67 Å². The maximum Gasteiger partial charge on any atom is 0.0130 e. The van der Waals surface area contributed by atoms with Gasteiger partial charge in [0.15, 0.2) is 0 Å². The number of hydrogen-bond acceptors (Lipinski definition) is 5. The molecule has 0 aliphatic carbocycles. The van der Waals surface area contributed by atoms with Crippen LogP contribution in [0.3, 0.4) is 0 Å². The summed E-state index contributed by atoms with van der Waals surface area (Å²) in [5, 5.41) is 0.713. The molecule has 0 saturated carbocycles. The molecule has 41 heavy (non-hydrogen) atoms. The Labute approximate surface area is 262 Å². The predicted molar refractivity (Wildman–Crippen MR) is 177 cm³/mol. The van der Waals surface area contributed by atoms with Gasteiger partial charge in [-0.1, -0.05) is 30.0 Å². The zero-order chi connectivity index (χ0) is 31.2. The summed E-state index contributed by atoms with van der Waals surface area (Å²) in [6.45, 7) is 18.0. The molecular weight excluding hydrogens is 663 g/mol. The Hall–Kier alpha value is -1.46. The molecule has 1 aliphatic heterocycles. The third-order valence-corrected chi connectivity index (χ3v) is 10.3. The van der Waals surface area contributed by atoms with Gasteiger partial charge >= 0.3 is 147 Å². The van der Waals surface area contributed by atoms with Crippen molar-refractivity contribution < 1.29 is 27.7 Å². The van der Waals surface area contributed by atoms with E-state index in [2.05, 4.69) is 62.1 Å². The van der Waals surface area contributed by atoms with Crippen molar-refractivity contribution in [2.75, 3.05) is 32.1 Å². The van der Waals surface area contributed by atoms with Crippen LogP contribution in [0.2, 0.25) is 0 Å². The van der Waals surface area contributed by atoms with Crippen molar-refractivity contribution in [3.63, 3.8) is 0 Å². The van der Waals surface area contributed by atoms with Crippen molar-refractivity contribution in [3.8, 4) is 29.9 Å². The number of benzene rings is 2. The molecule has 2 aromatic rings. The zero-order valence-electron chi connectivity index (χ0n) is 25.7. The summed E-state index contributed by atoms with van der Waals surface area (Å²) in [6, 6.07) is 10.1. The summed E-state index contributed by atoms with van der Waals surface area (Å²) in [7, 11) is 12.8. The first kappa shape index (κ1) is 37.6. The number of rotatable bonds is 8. The Morgan fingerprint density at radius 3 is 2.24 bits per heavy atom. The fourth-order valence-electron chi connectivity index (χ4n) is 4.34. The van der Waals surface area contributed by atoms with Gasteiger partial charge in [0.25, 0.3) is 0 Å².